The Morgan fingerprint density at radius 3 is 2.71 bits per heavy atom. The van der Waals surface area contributed by atoms with Gasteiger partial charge in [-0.3, -0.25) is 9.48 Å². The Balaban J connectivity index is 1.73. The van der Waals surface area contributed by atoms with E-state index in [1.54, 1.807) is 35.3 Å². The fourth-order valence-corrected chi connectivity index (χ4v) is 2.67. The number of benzene rings is 2. The molecule has 28 heavy (non-hydrogen) atoms. The Morgan fingerprint density at radius 1 is 1.21 bits per heavy atom. The predicted molar refractivity (Wildman–Crippen MR) is 108 cm³/mol. The van der Waals surface area contributed by atoms with Crippen molar-refractivity contribution in [1.82, 2.24) is 9.78 Å². The molecule has 0 saturated carbocycles. The monoisotopic (exact) mass is 372 g/mol. The number of ether oxygens (including phenoxy) is 1. The van der Waals surface area contributed by atoms with Crippen LogP contribution in [0, 0.1) is 11.3 Å². The zero-order valence-corrected chi connectivity index (χ0v) is 15.5. The highest BCUT2D eigenvalue weighted by atomic mass is 16.5. The molecule has 0 saturated heterocycles. The molecule has 0 atom stereocenters. The van der Waals surface area contributed by atoms with Gasteiger partial charge in [-0.1, -0.05) is 42.5 Å². The number of nitriles is 1. The second-order valence-electron chi connectivity index (χ2n) is 6.01. The highest BCUT2D eigenvalue weighted by molar-refractivity contribution is 6.10. The number of amides is 1. The predicted octanol–water partition coefficient (Wildman–Crippen LogP) is 3.88. The van der Waals surface area contributed by atoms with Gasteiger partial charge < -0.3 is 10.1 Å². The van der Waals surface area contributed by atoms with Gasteiger partial charge in [0, 0.05) is 11.8 Å². The molecule has 0 bridgehead atoms. The second-order valence-corrected chi connectivity index (χ2v) is 6.01. The van der Waals surface area contributed by atoms with Crippen molar-refractivity contribution in [2.75, 3.05) is 11.9 Å². The van der Waals surface area contributed by atoms with Gasteiger partial charge in [-0.05, 0) is 30.7 Å². The first-order chi connectivity index (χ1) is 13.7. The number of hydrogen-bond acceptors (Lipinski definition) is 4. The molecule has 6 heteroatoms. The van der Waals surface area contributed by atoms with Crippen LogP contribution in [0.5, 0.6) is 5.75 Å². The number of nitrogens with one attached hydrogen (secondary N) is 1. The van der Waals surface area contributed by atoms with Crippen molar-refractivity contribution < 1.29 is 9.53 Å². The quantitative estimate of drug-likeness (QED) is 0.504. The number of carbonyl (C=O) groups excluding carboxylic acids is 1. The van der Waals surface area contributed by atoms with Gasteiger partial charge in [0.15, 0.2) is 0 Å². The van der Waals surface area contributed by atoms with E-state index < -0.39 is 5.91 Å². The fraction of sp³-hybridized carbons (Fsp3) is 0.136. The Bertz CT molecular complexity index is 1020. The molecule has 0 spiro atoms. The van der Waals surface area contributed by atoms with Crippen molar-refractivity contribution in [3.63, 3.8) is 0 Å². The summed E-state index contributed by atoms with van der Waals surface area (Å²) in [5.41, 5.74) is 2.31. The average Bonchev–Trinajstić information content (AvgIpc) is 3.15. The van der Waals surface area contributed by atoms with E-state index >= 15 is 0 Å². The molecule has 2 aromatic carbocycles. The Morgan fingerprint density at radius 2 is 1.96 bits per heavy atom. The van der Waals surface area contributed by atoms with Gasteiger partial charge in [-0.2, -0.15) is 10.4 Å². The first-order valence-electron chi connectivity index (χ1n) is 8.91. The summed E-state index contributed by atoms with van der Waals surface area (Å²) in [5.74, 6) is 0.0665. The minimum absolute atomic E-state index is 0.00874. The molecular formula is C22H20N4O2. The number of hydrogen-bond donors (Lipinski definition) is 1. The maximum absolute atomic E-state index is 12.5. The summed E-state index contributed by atoms with van der Waals surface area (Å²) in [5, 5.41) is 16.4. The molecule has 0 radical (unpaired) electrons. The van der Waals surface area contributed by atoms with Gasteiger partial charge in [0.2, 0.25) is 0 Å². The van der Waals surface area contributed by atoms with Crippen molar-refractivity contribution in [3.05, 3.63) is 83.7 Å². The molecule has 3 rings (SSSR count). The molecule has 0 aliphatic heterocycles. The summed E-state index contributed by atoms with van der Waals surface area (Å²) < 4.78 is 7.26. The van der Waals surface area contributed by atoms with Gasteiger partial charge in [0.05, 0.1) is 25.0 Å². The smallest absolute Gasteiger partial charge is 0.266 e. The van der Waals surface area contributed by atoms with E-state index in [1.807, 2.05) is 49.4 Å². The summed E-state index contributed by atoms with van der Waals surface area (Å²) in [6, 6.07) is 19.0. The summed E-state index contributed by atoms with van der Waals surface area (Å²) in [7, 11) is 0. The van der Waals surface area contributed by atoms with Crippen LogP contribution in [-0.2, 0) is 11.3 Å². The lowest BCUT2D eigenvalue weighted by Crippen LogP contribution is -2.14. The van der Waals surface area contributed by atoms with Crippen LogP contribution in [0.1, 0.15) is 18.1 Å². The van der Waals surface area contributed by atoms with E-state index in [1.165, 1.54) is 6.08 Å². The van der Waals surface area contributed by atoms with Crippen LogP contribution in [0.4, 0.5) is 5.69 Å². The molecule has 6 nitrogen and oxygen atoms in total. The number of nitrogens with zero attached hydrogens (tertiary/aromatic N) is 3. The molecule has 0 aliphatic carbocycles. The van der Waals surface area contributed by atoms with Gasteiger partial charge >= 0.3 is 0 Å². The zero-order valence-electron chi connectivity index (χ0n) is 15.5. The number of aromatic nitrogens is 2. The van der Waals surface area contributed by atoms with E-state index in [-0.39, 0.29) is 5.57 Å². The minimum Gasteiger partial charge on any atom is -0.492 e. The number of rotatable bonds is 7. The molecule has 1 aromatic heterocycles. The molecule has 140 valence electrons. The van der Waals surface area contributed by atoms with Crippen molar-refractivity contribution in [3.8, 4) is 11.8 Å². The van der Waals surface area contributed by atoms with Crippen LogP contribution < -0.4 is 10.1 Å². The summed E-state index contributed by atoms with van der Waals surface area (Å²) >= 11 is 0. The van der Waals surface area contributed by atoms with Crippen molar-refractivity contribution in [2.45, 2.75) is 13.5 Å². The summed E-state index contributed by atoms with van der Waals surface area (Å²) in [6.45, 7) is 2.96. The van der Waals surface area contributed by atoms with Gasteiger partial charge in [0.1, 0.15) is 17.4 Å². The zero-order chi connectivity index (χ0) is 19.8. The molecule has 1 amide bonds. The maximum atomic E-state index is 12.5. The van der Waals surface area contributed by atoms with Gasteiger partial charge in [-0.15, -0.1) is 0 Å². The van der Waals surface area contributed by atoms with E-state index in [0.29, 0.717) is 30.2 Å². The number of carbonyl (C=O) groups is 1. The van der Waals surface area contributed by atoms with E-state index in [4.69, 9.17) is 4.74 Å². The Kier molecular flexibility index (Phi) is 6.21. The maximum Gasteiger partial charge on any atom is 0.266 e. The Hall–Kier alpha value is -3.85. The molecule has 0 fully saturated rings. The SMILES string of the molecule is CCOc1ccccc1NC(=O)/C(C#N)=C/c1cnn(Cc2ccccc2)c1. The molecule has 1 heterocycles. The lowest BCUT2D eigenvalue weighted by atomic mass is 10.2. The van der Waals surface area contributed by atoms with Crippen molar-refractivity contribution >= 4 is 17.7 Å². The highest BCUT2D eigenvalue weighted by Gasteiger charge is 2.13. The highest BCUT2D eigenvalue weighted by Crippen LogP contribution is 2.24. The summed E-state index contributed by atoms with van der Waals surface area (Å²) in [6.07, 6.45) is 4.95. The van der Waals surface area contributed by atoms with Crippen LogP contribution >= 0.6 is 0 Å². The van der Waals surface area contributed by atoms with Crippen LogP contribution in [0.25, 0.3) is 6.08 Å². The van der Waals surface area contributed by atoms with E-state index in [9.17, 15) is 10.1 Å². The first kappa shape index (κ1) is 18.9. The third-order valence-corrected chi connectivity index (χ3v) is 3.95. The van der Waals surface area contributed by atoms with Gasteiger partial charge in [0.25, 0.3) is 5.91 Å². The summed E-state index contributed by atoms with van der Waals surface area (Å²) in [4.78, 5) is 12.5. The van der Waals surface area contributed by atoms with Crippen molar-refractivity contribution in [1.29, 1.82) is 5.26 Å². The lowest BCUT2D eigenvalue weighted by molar-refractivity contribution is -0.112. The third kappa shape index (κ3) is 4.86. The van der Waals surface area contributed by atoms with E-state index in [2.05, 4.69) is 10.4 Å². The van der Waals surface area contributed by atoms with Crippen LogP contribution in [0.3, 0.4) is 0 Å². The van der Waals surface area contributed by atoms with Crippen LogP contribution in [0.2, 0.25) is 0 Å². The number of anilines is 1. The minimum atomic E-state index is -0.495. The molecule has 3 aromatic rings. The van der Waals surface area contributed by atoms with Gasteiger partial charge in [-0.25, -0.2) is 0 Å². The fourth-order valence-electron chi connectivity index (χ4n) is 2.67. The average molecular weight is 372 g/mol. The largest absolute Gasteiger partial charge is 0.492 e. The topological polar surface area (TPSA) is 79.9 Å². The molecule has 1 N–H and O–H groups in total. The molecule has 0 aliphatic rings. The first-order valence-corrected chi connectivity index (χ1v) is 8.91. The van der Waals surface area contributed by atoms with E-state index in [0.717, 1.165) is 5.56 Å². The normalized spacial score (nSPS) is 10.9. The molecule has 0 unspecified atom stereocenters. The van der Waals surface area contributed by atoms with Crippen LogP contribution in [-0.4, -0.2) is 22.3 Å². The van der Waals surface area contributed by atoms with Crippen molar-refractivity contribution in [2.24, 2.45) is 0 Å². The third-order valence-electron chi connectivity index (χ3n) is 3.95. The lowest BCUT2D eigenvalue weighted by Gasteiger charge is -2.10. The Labute approximate surface area is 163 Å². The van der Waals surface area contributed by atoms with Crippen LogP contribution in [0.15, 0.2) is 72.6 Å². The second kappa shape index (κ2) is 9.19. The molecular weight excluding hydrogens is 352 g/mol. The standard InChI is InChI=1S/C22H20N4O2/c1-2-28-21-11-7-6-10-20(21)25-22(27)19(13-23)12-18-14-24-26(16-18)15-17-8-4-3-5-9-17/h3-12,14,16H,2,15H2,1H3,(H,25,27)/b19-12+. The number of para-hydroxylation sites is 2.